The molecule has 0 spiro atoms. The Morgan fingerprint density at radius 3 is 2.74 bits per heavy atom. The molecule has 0 bridgehead atoms. The van der Waals surface area contributed by atoms with Crippen LogP contribution in [0.3, 0.4) is 0 Å². The van der Waals surface area contributed by atoms with Crippen LogP contribution in [0.15, 0.2) is 54.8 Å². The summed E-state index contributed by atoms with van der Waals surface area (Å²) in [4.78, 5) is 18.0. The average molecular weight is 462 g/mol. The summed E-state index contributed by atoms with van der Waals surface area (Å²) in [6, 6.07) is 14.0. The zero-order chi connectivity index (χ0) is 23.8. The van der Waals surface area contributed by atoms with Gasteiger partial charge in [-0.25, -0.2) is 5.48 Å². The highest BCUT2D eigenvalue weighted by molar-refractivity contribution is 6.04. The SMILES string of the molecule is C=C=C1CCCC(=O)c2cccc(NCCONCCOCCC3CC3c3ccc(N)cc3)c21. The van der Waals surface area contributed by atoms with E-state index in [1.165, 1.54) is 12.0 Å². The Morgan fingerprint density at radius 1 is 1.06 bits per heavy atom. The number of ketones is 1. The second kappa shape index (κ2) is 12.0. The topological polar surface area (TPSA) is 85.6 Å². The summed E-state index contributed by atoms with van der Waals surface area (Å²) in [5, 5.41) is 3.39. The normalized spacial score (nSPS) is 19.3. The number of fused-ring (bicyclic) bond motifs is 1. The van der Waals surface area contributed by atoms with Crippen molar-refractivity contribution in [3.63, 3.8) is 0 Å². The van der Waals surface area contributed by atoms with E-state index >= 15 is 0 Å². The smallest absolute Gasteiger partial charge is 0.163 e. The molecule has 0 aromatic heterocycles. The van der Waals surface area contributed by atoms with Crippen molar-refractivity contribution in [2.24, 2.45) is 5.92 Å². The lowest BCUT2D eigenvalue weighted by atomic mass is 9.96. The third-order valence-corrected chi connectivity index (χ3v) is 6.60. The summed E-state index contributed by atoms with van der Waals surface area (Å²) < 4.78 is 5.75. The average Bonchev–Trinajstić information content (AvgIpc) is 3.64. The molecule has 2 atom stereocenters. The first-order chi connectivity index (χ1) is 16.7. The van der Waals surface area contributed by atoms with Gasteiger partial charge in [0.2, 0.25) is 0 Å². The van der Waals surface area contributed by atoms with Crippen LogP contribution >= 0.6 is 0 Å². The number of hydrogen-bond donors (Lipinski definition) is 3. The molecule has 2 aliphatic rings. The number of nitrogens with two attached hydrogens (primary N) is 1. The number of hydroxylamine groups is 1. The fourth-order valence-electron chi connectivity index (χ4n) is 4.67. The number of anilines is 2. The molecule has 180 valence electrons. The third-order valence-electron chi connectivity index (χ3n) is 6.60. The Morgan fingerprint density at radius 2 is 1.91 bits per heavy atom. The molecule has 0 heterocycles. The molecule has 2 aromatic carbocycles. The molecule has 6 heteroatoms. The minimum absolute atomic E-state index is 0.185. The monoisotopic (exact) mass is 461 g/mol. The Bertz CT molecular complexity index is 1030. The van der Waals surface area contributed by atoms with Gasteiger partial charge in [-0.05, 0) is 61.3 Å². The van der Waals surface area contributed by atoms with E-state index in [1.807, 2.05) is 30.3 Å². The molecule has 4 rings (SSSR count). The van der Waals surface area contributed by atoms with Crippen LogP contribution in [0.5, 0.6) is 0 Å². The molecule has 0 amide bonds. The maximum absolute atomic E-state index is 12.4. The molecule has 0 radical (unpaired) electrons. The lowest BCUT2D eigenvalue weighted by Crippen LogP contribution is -2.24. The number of hydrogen-bond acceptors (Lipinski definition) is 6. The van der Waals surface area contributed by atoms with Gasteiger partial charge in [0.25, 0.3) is 0 Å². The van der Waals surface area contributed by atoms with Gasteiger partial charge < -0.3 is 15.8 Å². The number of nitrogens with one attached hydrogen (secondary N) is 2. The predicted octanol–water partition coefficient (Wildman–Crippen LogP) is 4.95. The number of rotatable bonds is 12. The van der Waals surface area contributed by atoms with Gasteiger partial charge in [-0.3, -0.25) is 9.63 Å². The van der Waals surface area contributed by atoms with Gasteiger partial charge >= 0.3 is 0 Å². The minimum atomic E-state index is 0.185. The maximum atomic E-state index is 12.4. The van der Waals surface area contributed by atoms with Crippen molar-refractivity contribution in [1.29, 1.82) is 0 Å². The van der Waals surface area contributed by atoms with E-state index < -0.39 is 0 Å². The number of carbonyl (C=O) groups excluding carboxylic acids is 1. The molecule has 0 aliphatic heterocycles. The van der Waals surface area contributed by atoms with Crippen molar-refractivity contribution < 1.29 is 14.4 Å². The van der Waals surface area contributed by atoms with Crippen molar-refractivity contribution in [1.82, 2.24) is 5.48 Å². The van der Waals surface area contributed by atoms with Crippen LogP contribution in [0.2, 0.25) is 0 Å². The van der Waals surface area contributed by atoms with Crippen LogP contribution < -0.4 is 16.5 Å². The quantitative estimate of drug-likeness (QED) is 0.136. The molecular formula is C28H35N3O3. The lowest BCUT2D eigenvalue weighted by Gasteiger charge is -2.15. The van der Waals surface area contributed by atoms with E-state index in [-0.39, 0.29) is 5.78 Å². The van der Waals surface area contributed by atoms with Gasteiger partial charge in [-0.2, -0.15) is 0 Å². The zero-order valence-corrected chi connectivity index (χ0v) is 19.8. The second-order valence-corrected chi connectivity index (χ2v) is 9.00. The molecule has 2 unspecified atom stereocenters. The highest BCUT2D eigenvalue weighted by Crippen LogP contribution is 2.49. The number of allylic oxidation sites excluding steroid dienone is 1. The van der Waals surface area contributed by atoms with Crippen LogP contribution in [0.4, 0.5) is 11.4 Å². The summed E-state index contributed by atoms with van der Waals surface area (Å²) in [6.07, 6.45) is 4.56. The lowest BCUT2D eigenvalue weighted by molar-refractivity contribution is 0.0250. The van der Waals surface area contributed by atoms with E-state index in [0.29, 0.717) is 38.6 Å². The predicted molar refractivity (Wildman–Crippen MR) is 137 cm³/mol. The highest BCUT2D eigenvalue weighted by Gasteiger charge is 2.37. The fourth-order valence-corrected chi connectivity index (χ4v) is 4.67. The number of ether oxygens (including phenoxy) is 1. The second-order valence-electron chi connectivity index (χ2n) is 9.00. The molecular weight excluding hydrogens is 426 g/mol. The zero-order valence-electron chi connectivity index (χ0n) is 19.8. The molecule has 2 aliphatic carbocycles. The van der Waals surface area contributed by atoms with Crippen molar-refractivity contribution in [3.8, 4) is 0 Å². The summed E-state index contributed by atoms with van der Waals surface area (Å²) in [5.74, 6) is 1.57. The molecule has 2 aromatic rings. The van der Waals surface area contributed by atoms with Crippen LogP contribution in [-0.2, 0) is 9.57 Å². The van der Waals surface area contributed by atoms with Gasteiger partial charge in [-0.15, -0.1) is 5.73 Å². The molecule has 1 saturated carbocycles. The van der Waals surface area contributed by atoms with Crippen molar-refractivity contribution in [2.75, 3.05) is 44.0 Å². The summed E-state index contributed by atoms with van der Waals surface area (Å²) in [7, 11) is 0. The van der Waals surface area contributed by atoms with Gasteiger partial charge in [0, 0.05) is 54.2 Å². The Balaban J connectivity index is 1.07. The molecule has 4 N–H and O–H groups in total. The number of carbonyl (C=O) groups is 1. The first kappa shape index (κ1) is 24.2. The Labute approximate surface area is 202 Å². The van der Waals surface area contributed by atoms with Gasteiger partial charge in [0.15, 0.2) is 5.78 Å². The Kier molecular flexibility index (Phi) is 8.56. The van der Waals surface area contributed by atoms with Crippen molar-refractivity contribution in [3.05, 3.63) is 71.5 Å². The summed E-state index contributed by atoms with van der Waals surface area (Å²) in [5.41, 5.74) is 17.6. The molecule has 34 heavy (non-hydrogen) atoms. The molecule has 1 fully saturated rings. The van der Waals surface area contributed by atoms with E-state index in [1.54, 1.807) is 0 Å². The summed E-state index contributed by atoms with van der Waals surface area (Å²) >= 11 is 0. The molecule has 0 saturated heterocycles. The van der Waals surface area contributed by atoms with Gasteiger partial charge in [-0.1, -0.05) is 30.8 Å². The first-order valence-electron chi connectivity index (χ1n) is 12.2. The highest BCUT2D eigenvalue weighted by atomic mass is 16.6. The van der Waals surface area contributed by atoms with Crippen LogP contribution in [0, 0.1) is 5.92 Å². The van der Waals surface area contributed by atoms with E-state index in [4.69, 9.17) is 15.3 Å². The first-order valence-corrected chi connectivity index (χ1v) is 12.2. The van der Waals surface area contributed by atoms with Gasteiger partial charge in [0.05, 0.1) is 13.2 Å². The standard InChI is InChI=1S/C28H35N3O3/c1-2-20-5-3-8-27(32)24-6-4-7-26(28(20)24)30-14-18-34-31-15-17-33-16-13-22-19-25(22)21-9-11-23(29)12-10-21/h4,6-7,9-12,22,25,30-31H,1,3,5,8,13-19,29H2. The number of nitrogen functional groups attached to an aromatic ring is 1. The van der Waals surface area contributed by atoms with Crippen LogP contribution in [0.1, 0.15) is 59.5 Å². The summed E-state index contributed by atoms with van der Waals surface area (Å²) in [6.45, 7) is 6.98. The number of Topliss-reactive ketones (excluding diaryl/α,β-unsaturated/α-hetero) is 1. The van der Waals surface area contributed by atoms with E-state index in [0.717, 1.165) is 59.9 Å². The maximum Gasteiger partial charge on any atom is 0.163 e. The minimum Gasteiger partial charge on any atom is -0.399 e. The third kappa shape index (κ3) is 6.37. The largest absolute Gasteiger partial charge is 0.399 e. The van der Waals surface area contributed by atoms with Crippen LogP contribution in [0.25, 0.3) is 5.57 Å². The van der Waals surface area contributed by atoms with Crippen molar-refractivity contribution >= 4 is 22.7 Å². The fraction of sp³-hybridized carbons (Fsp3) is 0.429. The van der Waals surface area contributed by atoms with Gasteiger partial charge in [0.1, 0.15) is 0 Å². The number of benzene rings is 2. The van der Waals surface area contributed by atoms with E-state index in [9.17, 15) is 4.79 Å². The Hall–Kier alpha value is -2.89. The van der Waals surface area contributed by atoms with E-state index in [2.05, 4.69) is 35.2 Å². The molecule has 6 nitrogen and oxygen atoms in total. The van der Waals surface area contributed by atoms with Crippen molar-refractivity contribution in [2.45, 2.75) is 38.0 Å². The van der Waals surface area contributed by atoms with Crippen LogP contribution in [-0.4, -0.2) is 38.7 Å².